The Bertz CT molecular complexity index is 169. The van der Waals surface area contributed by atoms with E-state index in [1.807, 2.05) is 0 Å². The normalized spacial score (nSPS) is 13.6. The largest absolute Gasteiger partial charge is 0.312 e. The fourth-order valence-electron chi connectivity index (χ4n) is 0.161. The quantitative estimate of drug-likeness (QED) is 0.536. The minimum Gasteiger partial charge on any atom is -0.312 e. The molecule has 0 saturated heterocycles. The molecule has 0 unspecified atom stereocenters. The minimum absolute atomic E-state index is 1.25. The van der Waals surface area contributed by atoms with E-state index in [1.165, 1.54) is 20.8 Å². The average Bonchev–Trinajstić information content (AvgIpc) is 1.57. The van der Waals surface area contributed by atoms with E-state index in [4.69, 9.17) is 0 Å². The second kappa shape index (κ2) is 3.71. The summed E-state index contributed by atoms with van der Waals surface area (Å²) in [6, 6.07) is 0. The lowest BCUT2D eigenvalue weighted by Gasteiger charge is -2.07. The van der Waals surface area contributed by atoms with Crippen molar-refractivity contribution in [3.63, 3.8) is 0 Å². The summed E-state index contributed by atoms with van der Waals surface area (Å²) in [5.74, 6) is 0. The van der Waals surface area contributed by atoms with E-state index in [0.717, 1.165) is 0 Å². The van der Waals surface area contributed by atoms with Gasteiger partial charge in [-0.1, -0.05) is 0 Å². The van der Waals surface area contributed by atoms with Crippen LogP contribution in [0.25, 0.3) is 0 Å². The van der Waals surface area contributed by atoms with Gasteiger partial charge < -0.3 is 9.13 Å². The number of hydrogen-bond acceptors (Lipinski definition) is 4. The van der Waals surface area contributed by atoms with Crippen LogP contribution < -0.4 is 0 Å². The van der Waals surface area contributed by atoms with Gasteiger partial charge in [-0.25, -0.2) is 0 Å². The first-order valence-corrected chi connectivity index (χ1v) is 11.2. The predicted octanol–water partition coefficient (Wildman–Crippen LogP) is 3.44. The standard InChI is InChI=1S/C4H12O2P2S2/c1-7(2,5)9-10-8(3,4)6/h1-4H3. The highest BCUT2D eigenvalue weighted by Crippen LogP contribution is 2.69. The van der Waals surface area contributed by atoms with Gasteiger partial charge in [0.1, 0.15) is 12.7 Å². The summed E-state index contributed by atoms with van der Waals surface area (Å²) in [4.78, 5) is 0. The van der Waals surface area contributed by atoms with Crippen molar-refractivity contribution < 1.29 is 9.13 Å². The van der Waals surface area contributed by atoms with Gasteiger partial charge in [0.25, 0.3) is 0 Å². The molecule has 0 aromatic carbocycles. The fourth-order valence-corrected chi connectivity index (χ4v) is 13.0. The molecule has 0 aromatic heterocycles. The van der Waals surface area contributed by atoms with E-state index >= 15 is 0 Å². The second-order valence-corrected chi connectivity index (χ2v) is 16.8. The maximum Gasteiger partial charge on any atom is 0.143 e. The Morgan fingerprint density at radius 2 is 1.00 bits per heavy atom. The third-order valence-electron chi connectivity index (χ3n) is 0.392. The Morgan fingerprint density at radius 3 is 1.10 bits per heavy atom. The Hall–Kier alpha value is 1.16. The van der Waals surface area contributed by atoms with Crippen molar-refractivity contribution in [3.05, 3.63) is 0 Å². The lowest BCUT2D eigenvalue weighted by Crippen LogP contribution is -1.64. The lowest BCUT2D eigenvalue weighted by molar-refractivity contribution is 0.590. The molecule has 0 amide bonds. The van der Waals surface area contributed by atoms with Crippen molar-refractivity contribution in [1.29, 1.82) is 0 Å². The maximum absolute atomic E-state index is 11.1. The van der Waals surface area contributed by atoms with Crippen LogP contribution in [-0.4, -0.2) is 26.7 Å². The molecule has 0 bridgehead atoms. The Morgan fingerprint density at radius 1 is 0.800 bits per heavy atom. The first kappa shape index (κ1) is 11.2. The molecule has 0 aliphatic rings. The minimum atomic E-state index is -2.05. The SMILES string of the molecule is CP(C)(=O)SSP(C)(C)=O. The highest BCUT2D eigenvalue weighted by molar-refractivity contribution is 9.14. The van der Waals surface area contributed by atoms with Crippen LogP contribution in [0.15, 0.2) is 0 Å². The fraction of sp³-hybridized carbons (Fsp3) is 1.00. The van der Waals surface area contributed by atoms with Crippen LogP contribution in [0.5, 0.6) is 0 Å². The summed E-state index contributed by atoms with van der Waals surface area (Å²) >= 11 is 0. The number of rotatable bonds is 3. The third kappa shape index (κ3) is 9.16. The summed E-state index contributed by atoms with van der Waals surface area (Å²) in [6.45, 7) is 6.72. The molecular weight excluding hydrogens is 206 g/mol. The van der Waals surface area contributed by atoms with Crippen molar-refractivity contribution in [2.24, 2.45) is 0 Å². The molecule has 0 aromatic rings. The van der Waals surface area contributed by atoms with Crippen LogP contribution in [0.3, 0.4) is 0 Å². The highest BCUT2D eigenvalue weighted by atomic mass is 33.5. The van der Waals surface area contributed by atoms with Gasteiger partial charge in [0.15, 0.2) is 0 Å². The van der Waals surface area contributed by atoms with Gasteiger partial charge in [0, 0.05) is 0 Å². The lowest BCUT2D eigenvalue weighted by atomic mass is 11.9. The van der Waals surface area contributed by atoms with Crippen molar-refractivity contribution in [2.45, 2.75) is 0 Å². The van der Waals surface area contributed by atoms with E-state index in [-0.39, 0.29) is 0 Å². The zero-order chi connectivity index (χ0) is 8.41. The molecular formula is C4H12O2P2S2. The van der Waals surface area contributed by atoms with Gasteiger partial charge in [-0.3, -0.25) is 0 Å². The Kier molecular flexibility index (Phi) is 4.14. The van der Waals surface area contributed by atoms with E-state index in [0.29, 0.717) is 0 Å². The highest BCUT2D eigenvalue weighted by Gasteiger charge is 2.15. The zero-order valence-electron chi connectivity index (χ0n) is 6.53. The molecule has 0 N–H and O–H groups in total. The van der Waals surface area contributed by atoms with Crippen molar-refractivity contribution in [3.8, 4) is 0 Å². The second-order valence-electron chi connectivity index (χ2n) is 2.65. The van der Waals surface area contributed by atoms with Gasteiger partial charge in [0.2, 0.25) is 0 Å². The molecule has 2 nitrogen and oxygen atoms in total. The van der Waals surface area contributed by atoms with Gasteiger partial charge >= 0.3 is 0 Å². The van der Waals surface area contributed by atoms with Crippen LogP contribution >= 0.6 is 33.5 Å². The molecule has 0 aliphatic carbocycles. The molecule has 0 fully saturated rings. The summed E-state index contributed by atoms with van der Waals surface area (Å²) in [5, 5.41) is 0. The predicted molar refractivity (Wildman–Crippen MR) is 54.1 cm³/mol. The van der Waals surface area contributed by atoms with E-state index in [2.05, 4.69) is 0 Å². The smallest absolute Gasteiger partial charge is 0.143 e. The van der Waals surface area contributed by atoms with E-state index < -0.39 is 12.7 Å². The van der Waals surface area contributed by atoms with Crippen LogP contribution in [0, 0.1) is 0 Å². The summed E-state index contributed by atoms with van der Waals surface area (Å²) in [5.41, 5.74) is 0. The maximum atomic E-state index is 11.1. The first-order valence-electron chi connectivity index (χ1n) is 2.69. The molecule has 0 heterocycles. The summed E-state index contributed by atoms with van der Waals surface area (Å²) in [6.07, 6.45) is -4.11. The average molecular weight is 218 g/mol. The third-order valence-corrected chi connectivity index (χ3v) is 12.4. The zero-order valence-corrected chi connectivity index (χ0v) is 9.95. The van der Waals surface area contributed by atoms with Gasteiger partial charge in [-0.15, -0.1) is 0 Å². The molecule has 62 valence electrons. The topological polar surface area (TPSA) is 34.1 Å². The van der Waals surface area contributed by atoms with Crippen LogP contribution in [-0.2, 0) is 9.13 Å². The molecule has 0 aliphatic heterocycles. The molecule has 0 radical (unpaired) electrons. The first-order chi connectivity index (χ1) is 4.21. The van der Waals surface area contributed by atoms with Crippen molar-refractivity contribution in [2.75, 3.05) is 26.7 Å². The van der Waals surface area contributed by atoms with Gasteiger partial charge in [-0.05, 0) is 47.5 Å². The Balaban J connectivity index is 3.79. The monoisotopic (exact) mass is 218 g/mol. The molecule has 0 atom stereocenters. The molecule has 6 heteroatoms. The van der Waals surface area contributed by atoms with Crippen LogP contribution in [0.1, 0.15) is 0 Å². The van der Waals surface area contributed by atoms with Crippen molar-refractivity contribution >= 4 is 33.5 Å². The summed E-state index contributed by atoms with van der Waals surface area (Å²) < 4.78 is 22.2. The van der Waals surface area contributed by atoms with E-state index in [9.17, 15) is 9.13 Å². The van der Waals surface area contributed by atoms with Crippen LogP contribution in [0.4, 0.5) is 0 Å². The molecule has 10 heavy (non-hydrogen) atoms. The van der Waals surface area contributed by atoms with Gasteiger partial charge in [-0.2, -0.15) is 0 Å². The number of hydrogen-bond donors (Lipinski definition) is 0. The molecule has 0 spiro atoms. The molecule has 0 saturated carbocycles. The van der Waals surface area contributed by atoms with Crippen LogP contribution in [0.2, 0.25) is 0 Å². The molecule has 0 rings (SSSR count). The Labute approximate surface area is 69.6 Å². The van der Waals surface area contributed by atoms with Crippen molar-refractivity contribution in [1.82, 2.24) is 0 Å². The van der Waals surface area contributed by atoms with E-state index in [1.54, 1.807) is 26.7 Å². The van der Waals surface area contributed by atoms with Gasteiger partial charge in [0.05, 0.1) is 0 Å². The summed E-state index contributed by atoms with van der Waals surface area (Å²) in [7, 11) is 2.50.